The van der Waals surface area contributed by atoms with Gasteiger partial charge in [-0.05, 0) is 31.6 Å². The van der Waals surface area contributed by atoms with Crippen LogP contribution >= 0.6 is 0 Å². The van der Waals surface area contributed by atoms with E-state index in [4.69, 9.17) is 4.74 Å². The molecule has 1 aliphatic heterocycles. The summed E-state index contributed by atoms with van der Waals surface area (Å²) in [6.45, 7) is 3.62. The van der Waals surface area contributed by atoms with Gasteiger partial charge in [0.25, 0.3) is 0 Å². The van der Waals surface area contributed by atoms with Crippen molar-refractivity contribution in [3.63, 3.8) is 0 Å². The summed E-state index contributed by atoms with van der Waals surface area (Å²) in [4.78, 5) is 0. The monoisotopic (exact) mass is 199 g/mol. The molecule has 2 fully saturated rings. The predicted octanol–water partition coefficient (Wildman–Crippen LogP) is 0.914. The van der Waals surface area contributed by atoms with Crippen molar-refractivity contribution in [2.24, 2.45) is 5.92 Å². The highest BCUT2D eigenvalue weighted by atomic mass is 16.5. The van der Waals surface area contributed by atoms with E-state index < -0.39 is 0 Å². The summed E-state index contributed by atoms with van der Waals surface area (Å²) in [6, 6.07) is 0.490. The second-order valence-corrected chi connectivity index (χ2v) is 4.54. The summed E-state index contributed by atoms with van der Waals surface area (Å²) in [6.07, 6.45) is 4.83. The molecule has 0 radical (unpaired) electrons. The van der Waals surface area contributed by atoms with Crippen molar-refractivity contribution >= 4 is 0 Å². The zero-order chi connectivity index (χ0) is 9.97. The van der Waals surface area contributed by atoms with Crippen LogP contribution in [0.4, 0.5) is 0 Å². The molecule has 0 aromatic heterocycles. The molecule has 2 rings (SSSR count). The van der Waals surface area contributed by atoms with E-state index >= 15 is 0 Å². The van der Waals surface area contributed by atoms with Crippen molar-refractivity contribution in [1.82, 2.24) is 5.32 Å². The first kappa shape index (κ1) is 10.4. The smallest absolute Gasteiger partial charge is 0.0756 e. The van der Waals surface area contributed by atoms with Crippen LogP contribution in [0.15, 0.2) is 0 Å². The van der Waals surface area contributed by atoms with E-state index in [9.17, 15) is 5.11 Å². The van der Waals surface area contributed by atoms with Crippen molar-refractivity contribution < 1.29 is 9.84 Å². The summed E-state index contributed by atoms with van der Waals surface area (Å²) < 4.78 is 5.71. The lowest BCUT2D eigenvalue weighted by Crippen LogP contribution is -2.41. The first-order valence-corrected chi connectivity index (χ1v) is 5.84. The fourth-order valence-corrected chi connectivity index (χ4v) is 2.15. The molecule has 3 unspecified atom stereocenters. The molecule has 0 spiro atoms. The highest BCUT2D eigenvalue weighted by molar-refractivity contribution is 4.93. The molecule has 14 heavy (non-hydrogen) atoms. The number of hydrogen-bond acceptors (Lipinski definition) is 3. The van der Waals surface area contributed by atoms with Crippen LogP contribution < -0.4 is 5.32 Å². The van der Waals surface area contributed by atoms with Gasteiger partial charge in [0.15, 0.2) is 0 Å². The number of aliphatic hydroxyl groups excluding tert-OH is 1. The third-order valence-corrected chi connectivity index (χ3v) is 3.31. The van der Waals surface area contributed by atoms with E-state index in [0.717, 1.165) is 25.4 Å². The van der Waals surface area contributed by atoms with E-state index in [2.05, 4.69) is 5.32 Å². The lowest BCUT2D eigenvalue weighted by molar-refractivity contribution is 0.0768. The van der Waals surface area contributed by atoms with Gasteiger partial charge in [0.05, 0.1) is 12.2 Å². The molecule has 1 heterocycles. The normalized spacial score (nSPS) is 34.7. The van der Waals surface area contributed by atoms with Gasteiger partial charge in [0.1, 0.15) is 0 Å². The average Bonchev–Trinajstić information content (AvgIpc) is 2.94. The fraction of sp³-hybridized carbons (Fsp3) is 1.00. The Balaban J connectivity index is 1.73. The van der Waals surface area contributed by atoms with Gasteiger partial charge in [-0.3, -0.25) is 0 Å². The van der Waals surface area contributed by atoms with Crippen LogP contribution in [0.5, 0.6) is 0 Å². The first-order valence-electron chi connectivity index (χ1n) is 5.84. The largest absolute Gasteiger partial charge is 0.392 e. The van der Waals surface area contributed by atoms with Crippen LogP contribution in [-0.4, -0.2) is 36.5 Å². The zero-order valence-electron chi connectivity index (χ0n) is 8.91. The predicted molar refractivity (Wildman–Crippen MR) is 55.2 cm³/mol. The van der Waals surface area contributed by atoms with E-state index in [1.165, 1.54) is 12.8 Å². The van der Waals surface area contributed by atoms with Crippen molar-refractivity contribution in [3.05, 3.63) is 0 Å². The van der Waals surface area contributed by atoms with Crippen LogP contribution in [0, 0.1) is 5.92 Å². The minimum atomic E-state index is -0.199. The molecule has 3 heteroatoms. The quantitative estimate of drug-likeness (QED) is 0.691. The molecule has 82 valence electrons. The highest BCUT2D eigenvalue weighted by Crippen LogP contribution is 2.38. The topological polar surface area (TPSA) is 41.5 Å². The number of nitrogens with one attached hydrogen (secondary N) is 1. The Bertz CT molecular complexity index is 182. The molecule has 3 atom stereocenters. The molecule has 2 aliphatic rings. The summed E-state index contributed by atoms with van der Waals surface area (Å²) in [5, 5.41) is 12.9. The highest BCUT2D eigenvalue weighted by Gasteiger charge is 2.40. The Hall–Kier alpha value is -0.120. The summed E-state index contributed by atoms with van der Waals surface area (Å²) in [5.74, 6) is 0.800. The molecule has 1 saturated carbocycles. The molecular weight excluding hydrogens is 178 g/mol. The zero-order valence-corrected chi connectivity index (χ0v) is 8.91. The number of aliphatic hydroxyl groups is 1. The van der Waals surface area contributed by atoms with Gasteiger partial charge < -0.3 is 15.2 Å². The Morgan fingerprint density at radius 2 is 2.21 bits per heavy atom. The van der Waals surface area contributed by atoms with Crippen molar-refractivity contribution in [3.8, 4) is 0 Å². The average molecular weight is 199 g/mol. The Morgan fingerprint density at radius 3 is 2.86 bits per heavy atom. The van der Waals surface area contributed by atoms with Gasteiger partial charge in [0, 0.05) is 19.2 Å². The third kappa shape index (κ3) is 2.47. The summed E-state index contributed by atoms with van der Waals surface area (Å²) in [7, 11) is 0. The minimum Gasteiger partial charge on any atom is -0.392 e. The van der Waals surface area contributed by atoms with Gasteiger partial charge in [-0.1, -0.05) is 6.92 Å². The number of hydrogen-bond donors (Lipinski definition) is 2. The van der Waals surface area contributed by atoms with E-state index in [0.29, 0.717) is 18.7 Å². The maximum absolute atomic E-state index is 9.46. The van der Waals surface area contributed by atoms with Crippen molar-refractivity contribution in [2.75, 3.05) is 13.2 Å². The standard InChI is InChI=1S/C11H21NO2/c1-2-9(13)7-12-10-5-6-14-11(10)8-3-4-8/h8-13H,2-7H2,1H3. The molecule has 2 N–H and O–H groups in total. The van der Waals surface area contributed by atoms with E-state index in [1.807, 2.05) is 6.92 Å². The van der Waals surface area contributed by atoms with E-state index in [-0.39, 0.29) is 6.10 Å². The molecule has 3 nitrogen and oxygen atoms in total. The molecule has 0 bridgehead atoms. The summed E-state index contributed by atoms with van der Waals surface area (Å²) in [5.41, 5.74) is 0. The Labute approximate surface area is 85.8 Å². The number of ether oxygens (including phenoxy) is 1. The van der Waals surface area contributed by atoms with Crippen LogP contribution in [0.3, 0.4) is 0 Å². The maximum Gasteiger partial charge on any atom is 0.0756 e. The second kappa shape index (κ2) is 4.60. The van der Waals surface area contributed by atoms with Crippen LogP contribution in [-0.2, 0) is 4.74 Å². The molecule has 0 aromatic carbocycles. The SMILES string of the molecule is CCC(O)CNC1CCOC1C1CC1. The first-order chi connectivity index (χ1) is 6.81. The van der Waals surface area contributed by atoms with Crippen molar-refractivity contribution in [1.29, 1.82) is 0 Å². The Kier molecular flexibility index (Phi) is 3.42. The lowest BCUT2D eigenvalue weighted by Gasteiger charge is -2.20. The molecule has 1 saturated heterocycles. The second-order valence-electron chi connectivity index (χ2n) is 4.54. The molecular formula is C11H21NO2. The minimum absolute atomic E-state index is 0.199. The lowest BCUT2D eigenvalue weighted by atomic mass is 10.1. The van der Waals surface area contributed by atoms with Crippen LogP contribution in [0.2, 0.25) is 0 Å². The third-order valence-electron chi connectivity index (χ3n) is 3.31. The fourth-order valence-electron chi connectivity index (χ4n) is 2.15. The molecule has 0 amide bonds. The van der Waals surface area contributed by atoms with Crippen LogP contribution in [0.25, 0.3) is 0 Å². The molecule has 1 aliphatic carbocycles. The number of rotatable bonds is 5. The van der Waals surface area contributed by atoms with Gasteiger partial charge in [0.2, 0.25) is 0 Å². The van der Waals surface area contributed by atoms with Crippen molar-refractivity contribution in [2.45, 2.75) is 50.9 Å². The molecule has 0 aromatic rings. The van der Waals surface area contributed by atoms with Gasteiger partial charge >= 0.3 is 0 Å². The van der Waals surface area contributed by atoms with Gasteiger partial charge in [-0.25, -0.2) is 0 Å². The maximum atomic E-state index is 9.46. The van der Waals surface area contributed by atoms with Gasteiger partial charge in [-0.15, -0.1) is 0 Å². The summed E-state index contributed by atoms with van der Waals surface area (Å²) >= 11 is 0. The van der Waals surface area contributed by atoms with E-state index in [1.54, 1.807) is 0 Å². The Morgan fingerprint density at radius 1 is 1.43 bits per heavy atom. The van der Waals surface area contributed by atoms with Gasteiger partial charge in [-0.2, -0.15) is 0 Å². The van der Waals surface area contributed by atoms with Crippen LogP contribution in [0.1, 0.15) is 32.6 Å².